The largest absolute Gasteiger partial charge is 0.481 e. The lowest BCUT2D eigenvalue weighted by Crippen LogP contribution is -2.56. The number of nitrogens with zero attached hydrogens (tertiary/aromatic N) is 3. The molecule has 11 heteroatoms. The van der Waals surface area contributed by atoms with Crippen LogP contribution in [-0.4, -0.2) is 65.2 Å². The zero-order valence-electron chi connectivity index (χ0n) is 30.2. The Bertz CT molecular complexity index is 1720. The van der Waals surface area contributed by atoms with Gasteiger partial charge in [-0.25, -0.2) is 27.1 Å². The molecule has 2 N–H and O–H groups in total. The highest BCUT2D eigenvalue weighted by Crippen LogP contribution is 2.45. The third kappa shape index (κ3) is 7.01. The van der Waals surface area contributed by atoms with Crippen LogP contribution in [0.25, 0.3) is 16.8 Å². The van der Waals surface area contributed by atoms with E-state index in [9.17, 15) is 27.8 Å². The summed E-state index contributed by atoms with van der Waals surface area (Å²) in [5.41, 5.74) is 0.506. The number of allylic oxidation sites excluding steroid dienone is 1. The number of anilines is 1. The van der Waals surface area contributed by atoms with E-state index in [0.29, 0.717) is 45.6 Å². The number of halogens is 1. The van der Waals surface area contributed by atoms with Crippen molar-refractivity contribution in [1.29, 1.82) is 0 Å². The number of hydrogen-bond acceptors (Lipinski definition) is 7. The topological polar surface area (TPSA) is 130 Å². The van der Waals surface area contributed by atoms with Gasteiger partial charge in [-0.2, -0.15) is 0 Å². The molecule has 0 aliphatic heterocycles. The van der Waals surface area contributed by atoms with Crippen LogP contribution in [0.1, 0.15) is 246 Å². The first-order valence-corrected chi connectivity index (χ1v) is 17.0. The number of aliphatic hydroxyl groups excluding tert-OH is 1. The quantitative estimate of drug-likeness (QED) is 0.216. The van der Waals surface area contributed by atoms with Crippen molar-refractivity contribution in [3.05, 3.63) is 46.4 Å². The second-order valence-electron chi connectivity index (χ2n) is 14.7. The molecule has 456 valence electrons. The molecule has 0 aliphatic carbocycles. The number of ether oxygens (including phenoxy) is 1. The number of sulfonamides is 1. The van der Waals surface area contributed by atoms with Crippen molar-refractivity contribution in [1.82, 2.24) is 9.97 Å². The minimum atomic E-state index is -3.89. The SMILES string of the molecule is CCC(C)(C)c1nc(N(C)S(=O)(=O)C(C)(C)C)nc(-c2cc(C)c(F)c(C)c2)c1/C(C)=C/[C@@H](O)C(C)(C)[C@@](C)(OC)C(C)C(=O)O.[HH].[HH].[HH].[HH].[HH].[HH].[HH].[HH].[HH].[HH].[HH].[HH].[HH].[HH].[HH].[HH].[HH].[HH].[HH].[HH].[HH].[HH].[HH].[HH].[HH].[HH].[HH].[HH].[HH].[HH].[HH].[HH].[HH].[HH].[HH].[HH].[HH].[HH].[HH].[HH].[HH].[HH].[HH].[HH].[HH].[HH].[HH].[HH].[HH].[HH].[HH].[HH].[HH].[HH].[HH].[HH].[HH].[HH].[HH].[HH].[HH].[HH].[HH].[HH].[HH].[HH].[HH].[HH].[HH].[HH].[HH].[HH].[HH].[HH].[HH].[HH].[HH].[HH].[HH].[HH].[HH].[HH].[HH].[HH].[HH].[HH].[HH].[HH].[HH].[HH].[HH].[HH].[HH].[HH].[HH].[HH].[HH].[HH].[HH]. The molecule has 0 aliphatic rings. The number of benzene rings is 1. The highest BCUT2D eigenvalue weighted by molar-refractivity contribution is 7.94. The molecule has 9 nitrogen and oxygen atoms in total. The van der Waals surface area contributed by atoms with Crippen molar-refractivity contribution < 1.29 is 174 Å². The van der Waals surface area contributed by atoms with Crippen molar-refractivity contribution in [2.75, 3.05) is 18.5 Å². The average molecular weight is 863 g/mol. The third-order valence-electron chi connectivity index (χ3n) is 9.99. The Morgan fingerprint density at radius 1 is 1.09 bits per heavy atom. The van der Waals surface area contributed by atoms with Gasteiger partial charge in [-0.1, -0.05) is 40.7 Å². The number of carboxylic acids is 1. The van der Waals surface area contributed by atoms with Gasteiger partial charge in [0, 0.05) is 177 Å². The van der Waals surface area contributed by atoms with E-state index in [1.807, 2.05) is 20.8 Å². The van der Waals surface area contributed by atoms with E-state index in [0.717, 1.165) is 4.31 Å². The second kappa shape index (κ2) is 13.3. The molecule has 2 rings (SSSR count). The lowest BCUT2D eigenvalue weighted by Gasteiger charge is -2.47. The van der Waals surface area contributed by atoms with Crippen LogP contribution in [0.5, 0.6) is 0 Å². The van der Waals surface area contributed by atoms with Gasteiger partial charge in [-0.15, -0.1) is 0 Å². The monoisotopic (exact) mass is 863 g/mol. The molecule has 0 saturated carbocycles. The zero-order valence-corrected chi connectivity index (χ0v) is 31.1. The average Bonchev–Trinajstić information content (AvgIpc) is 2.96. The van der Waals surface area contributed by atoms with Crippen molar-refractivity contribution in [3.63, 3.8) is 0 Å². The van der Waals surface area contributed by atoms with Crippen LogP contribution in [0.3, 0.4) is 0 Å². The number of rotatable bonds is 12. The molecule has 1 aromatic heterocycles. The third-order valence-corrected chi connectivity index (χ3v) is 12.4. The fraction of sp³-hybridized carbons (Fsp3) is 0.629. The first kappa shape index (κ1) is 39.3. The van der Waals surface area contributed by atoms with Crippen LogP contribution in [0.4, 0.5) is 10.3 Å². The van der Waals surface area contributed by atoms with Gasteiger partial charge in [-0.3, -0.25) is 4.79 Å². The minimum Gasteiger partial charge on any atom is -0.481 e. The molecular formula is C35H252FN3O6S. The summed E-state index contributed by atoms with van der Waals surface area (Å²) in [7, 11) is -1.04. The van der Waals surface area contributed by atoms with E-state index in [1.165, 1.54) is 14.2 Å². The zero-order chi connectivity index (χ0) is 36.0. The molecule has 0 fully saturated rings. The Morgan fingerprint density at radius 3 is 2.00 bits per heavy atom. The van der Waals surface area contributed by atoms with Gasteiger partial charge in [0.15, 0.2) is 0 Å². The molecule has 46 heavy (non-hydrogen) atoms. The van der Waals surface area contributed by atoms with Crippen LogP contribution in [-0.2, 0) is 25.0 Å². The predicted octanol–water partition coefficient (Wildman–Crippen LogP) is 31.4. The Labute approximate surface area is 422 Å². The van der Waals surface area contributed by atoms with Gasteiger partial charge in [0.1, 0.15) is 5.82 Å². The fourth-order valence-electron chi connectivity index (χ4n) is 5.49. The van der Waals surface area contributed by atoms with Crippen LogP contribution in [0.15, 0.2) is 18.2 Å². The molecule has 0 spiro atoms. The highest BCUT2D eigenvalue weighted by Gasteiger charge is 2.52. The minimum absolute atomic E-state index is 0. The lowest BCUT2D eigenvalue weighted by molar-refractivity contribution is -0.178. The highest BCUT2D eigenvalue weighted by atomic mass is 32.2. The number of hydrogen-bond donors (Lipinski definition) is 2. The summed E-state index contributed by atoms with van der Waals surface area (Å²) in [5.74, 6) is -2.38. The fourth-order valence-corrected chi connectivity index (χ4v) is 6.60. The predicted molar refractivity (Wildman–Crippen MR) is 392 cm³/mol. The molecule has 1 aromatic carbocycles. The molecule has 0 radical (unpaired) electrons. The Morgan fingerprint density at radius 2 is 1.59 bits per heavy atom. The molecule has 0 saturated heterocycles. The summed E-state index contributed by atoms with van der Waals surface area (Å²) in [6.07, 6.45) is 1.08. The van der Waals surface area contributed by atoms with Gasteiger partial charge in [0.25, 0.3) is 0 Å². The molecule has 0 bridgehead atoms. The molecule has 1 heterocycles. The number of carboxylic acid groups (broad SMARTS) is 1. The molecule has 0 amide bonds. The summed E-state index contributed by atoms with van der Waals surface area (Å²) in [5, 5.41) is 21.6. The van der Waals surface area contributed by atoms with E-state index >= 15 is 0 Å². The summed E-state index contributed by atoms with van der Waals surface area (Å²) < 4.78 is 47.7. The van der Waals surface area contributed by atoms with E-state index < -0.39 is 49.2 Å². The van der Waals surface area contributed by atoms with Gasteiger partial charge in [0.2, 0.25) is 16.0 Å². The van der Waals surface area contributed by atoms with Gasteiger partial charge in [-0.05, 0) is 90.6 Å². The number of methoxy groups -OCH3 is 1. The number of aliphatic hydroxyl groups is 1. The maximum absolute atomic E-state index is 14.9. The number of carbonyl (C=O) groups is 1. The van der Waals surface area contributed by atoms with Crippen molar-refractivity contribution in [2.45, 2.75) is 118 Å². The molecule has 1 unspecified atom stereocenters. The van der Waals surface area contributed by atoms with E-state index in [4.69, 9.17) is 14.7 Å². The molecular weight excluding hydrogens is 609 g/mol. The van der Waals surface area contributed by atoms with Crippen LogP contribution in [0, 0.1) is 31.0 Å². The van der Waals surface area contributed by atoms with E-state index in [1.54, 1.807) is 87.4 Å². The summed E-state index contributed by atoms with van der Waals surface area (Å²) in [6, 6.07) is 3.34. The number of aliphatic carboxylic acids is 1. The summed E-state index contributed by atoms with van der Waals surface area (Å²) in [4.78, 5) is 21.8. The Kier molecular flexibility index (Phi) is 11.4. The standard InChI is InChI=1S/C35H54FN3O6S.99H2/c1-16-33(9,10)29-26(20(2)19-25(40)34(11,12)35(13,45-15)23(5)30(41)42)28(24-17-21(3)27(36)22(4)18-24)37-31(38-29)39(14)46(43,44)32(6,7)8;;;;;;;;;;;;;;;;;;;;;;;;;;;;;;;;;;;;;;;;;;;;;;;;;;;;;;;;;;;;;;;;;;;;;;;;;;;;;;;;;;;;;;;;;;;;;;;;;;;/h17-19,23,25,40H,16H2,1-15H3,(H,41,42);99*1H/b20-19+;;;;;;;;;;;;;;;;;;;;;;;;;;;;;;;;;;;;;;;;;;;;;;;;;;;;;;;;;;;;;;;;;;;;;;;;;;;;;;;;;;;;;;;;;;;;;;;;;;;/t23?,25-,35+;;;;;;;;;;;;;;;;;;;;;;;;;;;;;;;;;;;;;;;;;;;;;;;;;;;;;;;;;;;;;;;;;;;;;;;;;;;;;;;;;;;;;;;;;;;;;;;;;;;/m1.................................................................................................../s1. The maximum atomic E-state index is 14.9. The Balaban J connectivity index is -0.00000000232. The summed E-state index contributed by atoms with van der Waals surface area (Å²) >= 11 is 0. The lowest BCUT2D eigenvalue weighted by atomic mass is 9.65. The normalized spacial score (nSPS) is 16.2. The van der Waals surface area contributed by atoms with Gasteiger partial charge < -0.3 is 14.9 Å². The van der Waals surface area contributed by atoms with Crippen LogP contribution in [0.2, 0.25) is 0 Å². The van der Waals surface area contributed by atoms with Crippen LogP contribution >= 0.6 is 0 Å². The number of aromatic nitrogens is 2. The smallest absolute Gasteiger partial charge is 0.309 e. The van der Waals surface area contributed by atoms with Crippen molar-refractivity contribution in [2.24, 2.45) is 11.3 Å². The number of aryl methyl sites for hydroxylation is 2. The second-order valence-corrected chi connectivity index (χ2v) is 17.5. The van der Waals surface area contributed by atoms with Crippen molar-refractivity contribution >= 4 is 27.5 Å². The summed E-state index contributed by atoms with van der Waals surface area (Å²) in [6.45, 7) is 22.6. The molecule has 3 atom stereocenters. The van der Waals surface area contributed by atoms with Crippen LogP contribution < -0.4 is 4.31 Å². The molecule has 2 aromatic rings. The van der Waals surface area contributed by atoms with Gasteiger partial charge in [0.05, 0.1) is 33.8 Å². The van der Waals surface area contributed by atoms with Gasteiger partial charge >= 0.3 is 5.97 Å². The Hall–Kier alpha value is -2.89. The van der Waals surface area contributed by atoms with E-state index in [2.05, 4.69) is 0 Å². The van der Waals surface area contributed by atoms with E-state index in [-0.39, 0.29) is 153 Å². The first-order valence-electron chi connectivity index (χ1n) is 15.6. The first-order chi connectivity index (χ1) is 20.7. The maximum Gasteiger partial charge on any atom is 0.309 e. The van der Waals surface area contributed by atoms with Crippen molar-refractivity contribution in [3.8, 4) is 11.3 Å².